The van der Waals surface area contributed by atoms with E-state index in [9.17, 15) is 73.2 Å². The monoisotopic (exact) mass is 1260 g/mol. The highest BCUT2D eigenvalue weighted by molar-refractivity contribution is 5.82. The van der Waals surface area contributed by atoms with Gasteiger partial charge in [-0.25, -0.2) is 17.9 Å². The number of amides is 4. The summed E-state index contributed by atoms with van der Waals surface area (Å²) in [5, 5.41) is 105. The molecule has 4 saturated heterocycles. The second-order valence-corrected chi connectivity index (χ2v) is 24.2. The van der Waals surface area contributed by atoms with Crippen molar-refractivity contribution in [1.82, 2.24) is 35.8 Å². The molecule has 26 nitrogen and oxygen atoms in total. The number of likely N-dealkylation sites (tertiary alicyclic amines) is 1. The lowest BCUT2D eigenvalue weighted by Crippen LogP contribution is -2.67. The lowest BCUT2D eigenvalue weighted by Gasteiger charge is -2.49. The number of aliphatic hydroxyl groups excluding tert-OH is 8. The highest BCUT2D eigenvalue weighted by Gasteiger charge is 2.54. The van der Waals surface area contributed by atoms with Crippen molar-refractivity contribution in [2.45, 2.75) is 208 Å². The number of carbonyl (C=O) groups is 4. The Hall–Kier alpha value is -5.35. The van der Waals surface area contributed by atoms with Gasteiger partial charge in [-0.05, 0) is 62.1 Å². The van der Waals surface area contributed by atoms with E-state index in [0.29, 0.717) is 43.6 Å². The molecule has 0 radical (unpaired) electrons. The van der Waals surface area contributed by atoms with E-state index in [2.05, 4.69) is 26.3 Å². The van der Waals surface area contributed by atoms with Crippen LogP contribution in [0.3, 0.4) is 0 Å². The Balaban J connectivity index is 0.931. The largest absolute Gasteiger partial charge is 0.394 e. The Kier molecular flexibility index (Phi) is 23.6. The predicted octanol–water partition coefficient (Wildman–Crippen LogP) is -0.224. The third-order valence-corrected chi connectivity index (χ3v) is 18.1. The van der Waals surface area contributed by atoms with Gasteiger partial charge in [0.1, 0.15) is 84.9 Å². The summed E-state index contributed by atoms with van der Waals surface area (Å²) in [6.07, 6.45) is -17.5. The van der Waals surface area contributed by atoms with Crippen LogP contribution in [0.25, 0.3) is 11.3 Å². The minimum atomic E-state index is -1.85. The first kappa shape index (κ1) is 68.0. The second kappa shape index (κ2) is 30.8. The molecule has 5 heterocycles. The lowest BCUT2D eigenvalue weighted by molar-refractivity contribution is -0.338. The number of halogens is 3. The zero-order valence-electron chi connectivity index (χ0n) is 49.8. The first-order valence-corrected chi connectivity index (χ1v) is 30.8. The summed E-state index contributed by atoms with van der Waals surface area (Å²) >= 11 is 0. The number of benzene rings is 2. The van der Waals surface area contributed by atoms with Crippen LogP contribution < -0.4 is 16.0 Å². The van der Waals surface area contributed by atoms with Crippen molar-refractivity contribution in [3.63, 3.8) is 0 Å². The second-order valence-electron chi connectivity index (χ2n) is 24.2. The van der Waals surface area contributed by atoms with Crippen LogP contribution in [-0.2, 0) is 58.9 Å². The average Bonchev–Trinajstić information content (AvgIpc) is 1.94. The molecule has 494 valence electrons. The highest BCUT2D eigenvalue weighted by atomic mass is 19.2. The van der Waals surface area contributed by atoms with Gasteiger partial charge in [0.05, 0.1) is 44.3 Å². The number of hydrogen-bond donors (Lipinski definition) is 11. The molecule has 2 aliphatic carbocycles. The van der Waals surface area contributed by atoms with Crippen LogP contribution in [0.1, 0.15) is 96.6 Å². The van der Waals surface area contributed by atoms with Crippen molar-refractivity contribution < 1.29 is 106 Å². The van der Waals surface area contributed by atoms with Gasteiger partial charge >= 0.3 is 0 Å². The molecule has 2 saturated carbocycles. The minimum absolute atomic E-state index is 0.137. The first-order chi connectivity index (χ1) is 42.7. The molecule has 12 unspecified atom stereocenters. The number of aliphatic hydroxyl groups is 8. The van der Waals surface area contributed by atoms with E-state index in [1.165, 1.54) is 13.8 Å². The van der Waals surface area contributed by atoms with E-state index < -0.39 is 176 Å². The summed E-state index contributed by atoms with van der Waals surface area (Å²) in [5.74, 6) is -8.26. The molecule has 1 aromatic heterocycles. The Morgan fingerprint density at radius 3 is 2.11 bits per heavy atom. The molecule has 6 aliphatic rings. The summed E-state index contributed by atoms with van der Waals surface area (Å²) < 4.78 is 87.6. The number of nitrogens with zero attached hydrogens (tertiary/aromatic N) is 4. The van der Waals surface area contributed by atoms with Crippen molar-refractivity contribution in [2.24, 2.45) is 17.8 Å². The van der Waals surface area contributed by atoms with Gasteiger partial charge in [-0.15, -0.1) is 5.10 Å². The van der Waals surface area contributed by atoms with Gasteiger partial charge in [0.15, 0.2) is 36.1 Å². The molecular weight excluding hydrogens is 1180 g/mol. The van der Waals surface area contributed by atoms with Gasteiger partial charge < -0.3 is 94.9 Å². The van der Waals surface area contributed by atoms with Crippen molar-refractivity contribution in [2.75, 3.05) is 39.4 Å². The molecule has 4 aliphatic heterocycles. The van der Waals surface area contributed by atoms with Gasteiger partial charge in [0, 0.05) is 44.6 Å². The van der Waals surface area contributed by atoms with Gasteiger partial charge in [-0.1, -0.05) is 81.0 Å². The zero-order valence-corrected chi connectivity index (χ0v) is 49.8. The fourth-order valence-corrected chi connectivity index (χ4v) is 13.0. The van der Waals surface area contributed by atoms with Crippen LogP contribution in [0.4, 0.5) is 13.2 Å². The molecule has 9 rings (SSSR count). The van der Waals surface area contributed by atoms with Crippen LogP contribution in [0, 0.1) is 35.2 Å². The number of aromatic nitrogens is 3. The SMILES string of the molecule is CCC1CC(C(=O)NCCNC(=O)[C@@H](OCc2ccccc2)[C@@H]2OC(CO)[C@@H](O)C(n3cc(-c4cc(F)c(F)c(F)c4)nn3)C2O)C[C@@H](O[C@@H]2OC(CO)[C@H](O)C(O[C@@H](CC3CCCCC3)C(=O)N3CCC3)C2NC(C)=O)C1OC1O[C@@H](C)C(O)C(O)[C@@H]1O. The van der Waals surface area contributed by atoms with Crippen molar-refractivity contribution >= 4 is 23.6 Å². The van der Waals surface area contributed by atoms with Crippen LogP contribution in [0.2, 0.25) is 0 Å². The van der Waals surface area contributed by atoms with Crippen molar-refractivity contribution in [1.29, 1.82) is 0 Å². The number of hydrogen-bond acceptors (Lipinski definition) is 21. The van der Waals surface area contributed by atoms with Gasteiger partial charge in [-0.3, -0.25) is 19.2 Å². The van der Waals surface area contributed by atoms with E-state index in [0.717, 1.165) is 49.4 Å². The number of nitrogens with one attached hydrogen (secondary N) is 3. The number of ether oxygens (including phenoxy) is 7. The summed E-state index contributed by atoms with van der Waals surface area (Å²) in [6, 6.07) is 7.14. The smallest absolute Gasteiger partial charge is 0.252 e. The third-order valence-electron chi connectivity index (χ3n) is 18.1. The zero-order chi connectivity index (χ0) is 63.8. The lowest BCUT2D eigenvalue weighted by atomic mass is 9.75. The van der Waals surface area contributed by atoms with Crippen LogP contribution in [-0.4, -0.2) is 234 Å². The molecular formula is C60H84F3N7O19. The molecule has 29 heteroatoms. The van der Waals surface area contributed by atoms with Crippen molar-refractivity contribution in [3.8, 4) is 11.3 Å². The summed E-state index contributed by atoms with van der Waals surface area (Å²) in [5.41, 5.74) is 0.192. The maximum absolute atomic E-state index is 14.5. The molecule has 11 N–H and O–H groups in total. The molecule has 6 fully saturated rings. The first-order valence-electron chi connectivity index (χ1n) is 30.8. The Bertz CT molecular complexity index is 2800. The van der Waals surface area contributed by atoms with E-state index in [1.54, 1.807) is 35.2 Å². The van der Waals surface area contributed by atoms with Gasteiger partial charge in [-0.2, -0.15) is 0 Å². The van der Waals surface area contributed by atoms with E-state index in [1.807, 2.05) is 6.92 Å². The van der Waals surface area contributed by atoms with E-state index >= 15 is 0 Å². The molecule has 4 amide bonds. The minimum Gasteiger partial charge on any atom is -0.394 e. The average molecular weight is 1260 g/mol. The normalized spacial score (nSPS) is 34.2. The van der Waals surface area contributed by atoms with Crippen LogP contribution >= 0.6 is 0 Å². The third kappa shape index (κ3) is 15.9. The Morgan fingerprint density at radius 2 is 1.46 bits per heavy atom. The summed E-state index contributed by atoms with van der Waals surface area (Å²) in [6.45, 7) is 3.38. The number of rotatable bonds is 24. The summed E-state index contributed by atoms with van der Waals surface area (Å²) in [7, 11) is 0. The molecule has 3 aromatic rings. The molecule has 0 bridgehead atoms. The standard InChI is InChI=1S/C60H84F3N7O19/c1-4-33-21-35(56(80)64-16-17-65-57(81)55(83-28-32-14-9-6-10-15-32)54-49(77)45(47(75)41(26-71)86-54)70-25-38(67-68-70)34-22-36(61)43(63)37(62)23-34)24-39(52(33)89-60-51(79)50(78)46(74)29(2)84-60)87-59-44(66-30(3)73)53(48(76)42(27-72)88-59)85-40(58(82)69-18-11-19-69)20-31-12-7-5-8-13-31/h6,9-10,14-15,22-23,25,29,31,33,35,39-42,44-55,59-60,71-72,74-79H,4-5,7-8,11-13,16-21,24,26-28H2,1-3H3,(H,64,80)(H,65,81)(H,66,73)/t29-,33?,35?,39+,40-,41?,42?,44?,45?,46?,47+,48-,49?,50?,51-,52?,53?,54+,55-,59+,60?/m0/s1. The molecule has 2 aromatic carbocycles. The van der Waals surface area contributed by atoms with Crippen LogP contribution in [0.5, 0.6) is 0 Å². The molecule has 89 heavy (non-hydrogen) atoms. The Labute approximate surface area is 512 Å². The van der Waals surface area contributed by atoms with Gasteiger partial charge in [0.25, 0.3) is 11.8 Å². The maximum atomic E-state index is 14.5. The topological polar surface area (TPSA) is 365 Å². The van der Waals surface area contributed by atoms with E-state index in [4.69, 9.17) is 33.2 Å². The Morgan fingerprint density at radius 1 is 0.775 bits per heavy atom. The quantitative estimate of drug-likeness (QED) is 0.0408. The van der Waals surface area contributed by atoms with Gasteiger partial charge in [0.2, 0.25) is 11.8 Å². The van der Waals surface area contributed by atoms with E-state index in [-0.39, 0.29) is 55.6 Å². The van der Waals surface area contributed by atoms with Crippen LogP contribution in [0.15, 0.2) is 48.7 Å². The fourth-order valence-electron chi connectivity index (χ4n) is 13.0. The predicted molar refractivity (Wildman–Crippen MR) is 302 cm³/mol. The highest BCUT2D eigenvalue weighted by Crippen LogP contribution is 2.41. The fraction of sp³-hybridized carbons (Fsp3) is 0.700. The van der Waals surface area contributed by atoms with Crippen molar-refractivity contribution in [3.05, 3.63) is 71.7 Å². The molecule has 0 spiro atoms. The summed E-state index contributed by atoms with van der Waals surface area (Å²) in [4.78, 5) is 57.8. The maximum Gasteiger partial charge on any atom is 0.252 e. The number of carbonyl (C=O) groups excluding carboxylic acids is 4. The molecule has 21 atom stereocenters.